The van der Waals surface area contributed by atoms with Crippen LogP contribution in [0.15, 0.2) is 23.1 Å². The Labute approximate surface area is 116 Å². The molecule has 19 heavy (non-hydrogen) atoms. The number of aryl methyl sites for hydroxylation is 2. The van der Waals surface area contributed by atoms with E-state index in [4.69, 9.17) is 4.74 Å². The third-order valence-electron chi connectivity index (χ3n) is 2.85. The van der Waals surface area contributed by atoms with Crippen LogP contribution in [0.25, 0.3) is 0 Å². The first-order chi connectivity index (χ1) is 8.83. The van der Waals surface area contributed by atoms with E-state index in [1.807, 2.05) is 33.8 Å². The zero-order valence-corrected chi connectivity index (χ0v) is 12.9. The van der Waals surface area contributed by atoms with Crippen LogP contribution in [0.4, 0.5) is 0 Å². The predicted octanol–water partition coefficient (Wildman–Crippen LogP) is 2.40. The number of ether oxygens (including phenoxy) is 1. The van der Waals surface area contributed by atoms with Gasteiger partial charge in [-0.3, -0.25) is 0 Å². The molecule has 0 amide bonds. The summed E-state index contributed by atoms with van der Waals surface area (Å²) in [6.07, 6.45) is 0.846. The van der Waals surface area contributed by atoms with E-state index in [1.165, 1.54) is 0 Å². The number of sulfonamides is 1. The van der Waals surface area contributed by atoms with E-state index in [0.29, 0.717) is 24.5 Å². The molecular weight excluding hydrogens is 262 g/mol. The van der Waals surface area contributed by atoms with Crippen molar-refractivity contribution in [1.82, 2.24) is 4.72 Å². The molecule has 0 aliphatic heterocycles. The number of hydrogen-bond donors (Lipinski definition) is 1. The van der Waals surface area contributed by atoms with E-state index >= 15 is 0 Å². The first kappa shape index (κ1) is 16.1. The number of rotatable bonds is 7. The molecule has 0 aliphatic carbocycles. The number of benzene rings is 1. The minimum Gasteiger partial charge on any atom is -0.379 e. The highest BCUT2D eigenvalue weighted by molar-refractivity contribution is 7.89. The molecule has 0 saturated carbocycles. The van der Waals surface area contributed by atoms with Crippen LogP contribution in [-0.4, -0.2) is 27.7 Å². The zero-order valence-electron chi connectivity index (χ0n) is 12.1. The van der Waals surface area contributed by atoms with Gasteiger partial charge in [0.05, 0.1) is 11.0 Å². The van der Waals surface area contributed by atoms with Crippen LogP contribution in [0.1, 0.15) is 31.4 Å². The first-order valence-corrected chi connectivity index (χ1v) is 8.00. The maximum atomic E-state index is 12.0. The molecule has 1 aromatic carbocycles. The summed E-state index contributed by atoms with van der Waals surface area (Å²) in [5.74, 6) is 0. The fourth-order valence-corrected chi connectivity index (χ4v) is 2.72. The number of nitrogens with one attached hydrogen (secondary N) is 1. The third kappa shape index (κ3) is 5.30. The van der Waals surface area contributed by atoms with Crippen molar-refractivity contribution < 1.29 is 13.2 Å². The van der Waals surface area contributed by atoms with Crippen molar-refractivity contribution in [3.05, 3.63) is 29.3 Å². The van der Waals surface area contributed by atoms with Crippen LogP contribution in [0, 0.1) is 13.8 Å². The van der Waals surface area contributed by atoms with E-state index in [-0.39, 0.29) is 6.10 Å². The van der Waals surface area contributed by atoms with Crippen molar-refractivity contribution >= 4 is 10.0 Å². The molecule has 0 radical (unpaired) electrons. The second-order valence-electron chi connectivity index (χ2n) is 4.92. The maximum absolute atomic E-state index is 12.0. The minimum atomic E-state index is -3.41. The summed E-state index contributed by atoms with van der Waals surface area (Å²) in [6.45, 7) is 8.74. The molecule has 1 aromatic rings. The molecule has 0 heterocycles. The van der Waals surface area contributed by atoms with Gasteiger partial charge in [-0.05, 0) is 57.4 Å². The Hall–Kier alpha value is -0.910. The molecule has 5 heteroatoms. The van der Waals surface area contributed by atoms with Gasteiger partial charge in [-0.2, -0.15) is 0 Å². The van der Waals surface area contributed by atoms with Crippen LogP contribution < -0.4 is 4.72 Å². The molecule has 0 saturated heterocycles. The summed E-state index contributed by atoms with van der Waals surface area (Å²) in [4.78, 5) is 0.320. The normalized spacial score (nSPS) is 12.1. The van der Waals surface area contributed by atoms with Gasteiger partial charge in [0.2, 0.25) is 10.0 Å². The van der Waals surface area contributed by atoms with E-state index in [0.717, 1.165) is 11.1 Å². The fraction of sp³-hybridized carbons (Fsp3) is 0.571. The monoisotopic (exact) mass is 285 g/mol. The summed E-state index contributed by atoms with van der Waals surface area (Å²) in [6, 6.07) is 5.16. The molecule has 0 atom stereocenters. The summed E-state index contributed by atoms with van der Waals surface area (Å²) < 4.78 is 32.0. The highest BCUT2D eigenvalue weighted by Gasteiger charge is 2.13. The first-order valence-electron chi connectivity index (χ1n) is 6.51. The molecule has 1 rings (SSSR count). The lowest BCUT2D eigenvalue weighted by Gasteiger charge is -2.10. The Bertz CT molecular complexity index is 509. The summed E-state index contributed by atoms with van der Waals surface area (Å²) in [5, 5.41) is 0. The van der Waals surface area contributed by atoms with Crippen molar-refractivity contribution in [2.75, 3.05) is 13.2 Å². The van der Waals surface area contributed by atoms with Crippen LogP contribution in [0.5, 0.6) is 0 Å². The molecule has 0 aromatic heterocycles. The second-order valence-corrected chi connectivity index (χ2v) is 6.68. The average molecular weight is 285 g/mol. The smallest absolute Gasteiger partial charge is 0.240 e. The quantitative estimate of drug-likeness (QED) is 0.783. The summed E-state index contributed by atoms with van der Waals surface area (Å²) >= 11 is 0. The largest absolute Gasteiger partial charge is 0.379 e. The summed E-state index contributed by atoms with van der Waals surface area (Å²) in [5.41, 5.74) is 2.07. The minimum absolute atomic E-state index is 0.177. The molecule has 1 N–H and O–H groups in total. The number of hydrogen-bond acceptors (Lipinski definition) is 3. The molecule has 4 nitrogen and oxygen atoms in total. The van der Waals surface area contributed by atoms with Gasteiger partial charge < -0.3 is 4.74 Å². The lowest BCUT2D eigenvalue weighted by Crippen LogP contribution is -2.26. The van der Waals surface area contributed by atoms with Crippen molar-refractivity contribution in [3.63, 3.8) is 0 Å². The molecule has 0 unspecified atom stereocenters. The topological polar surface area (TPSA) is 55.4 Å². The van der Waals surface area contributed by atoms with Gasteiger partial charge in [0.1, 0.15) is 0 Å². The van der Waals surface area contributed by atoms with Gasteiger partial charge in [-0.25, -0.2) is 13.1 Å². The highest BCUT2D eigenvalue weighted by Crippen LogP contribution is 2.14. The Morgan fingerprint density at radius 1 is 1.21 bits per heavy atom. The van der Waals surface area contributed by atoms with E-state index in [1.54, 1.807) is 12.1 Å². The van der Waals surface area contributed by atoms with Crippen LogP contribution in [0.2, 0.25) is 0 Å². The van der Waals surface area contributed by atoms with Crippen LogP contribution >= 0.6 is 0 Å². The molecule has 108 valence electrons. The van der Waals surface area contributed by atoms with Crippen molar-refractivity contribution in [3.8, 4) is 0 Å². The van der Waals surface area contributed by atoms with Crippen LogP contribution in [-0.2, 0) is 14.8 Å². The van der Waals surface area contributed by atoms with E-state index in [2.05, 4.69) is 4.72 Å². The predicted molar refractivity (Wildman–Crippen MR) is 76.8 cm³/mol. The van der Waals surface area contributed by atoms with Gasteiger partial charge in [0.25, 0.3) is 0 Å². The second kappa shape index (κ2) is 7.03. The molecular formula is C14H23NO3S. The van der Waals surface area contributed by atoms with Crippen molar-refractivity contribution in [2.24, 2.45) is 0 Å². The van der Waals surface area contributed by atoms with Crippen molar-refractivity contribution in [1.29, 1.82) is 0 Å². The average Bonchev–Trinajstić information content (AvgIpc) is 2.31. The van der Waals surface area contributed by atoms with Gasteiger partial charge in [-0.1, -0.05) is 6.07 Å². The van der Waals surface area contributed by atoms with E-state index < -0.39 is 10.0 Å². The van der Waals surface area contributed by atoms with Crippen molar-refractivity contribution in [2.45, 2.75) is 45.1 Å². The Balaban J connectivity index is 2.54. The molecule has 0 aliphatic rings. The lowest BCUT2D eigenvalue weighted by atomic mass is 10.1. The molecule has 0 bridgehead atoms. The SMILES string of the molecule is Cc1ccc(S(=O)(=O)NCCCOC(C)C)cc1C. The van der Waals surface area contributed by atoms with Crippen LogP contribution in [0.3, 0.4) is 0 Å². The Morgan fingerprint density at radius 3 is 2.47 bits per heavy atom. The molecule has 0 spiro atoms. The standard InChI is InChI=1S/C14H23NO3S/c1-11(2)18-9-5-8-15-19(16,17)14-7-6-12(3)13(4)10-14/h6-7,10-11,15H,5,8-9H2,1-4H3. The Morgan fingerprint density at radius 2 is 1.89 bits per heavy atom. The van der Waals surface area contributed by atoms with E-state index in [9.17, 15) is 8.42 Å². The lowest BCUT2D eigenvalue weighted by molar-refractivity contribution is 0.0778. The zero-order chi connectivity index (χ0) is 14.5. The van der Waals surface area contributed by atoms with Gasteiger partial charge in [0.15, 0.2) is 0 Å². The van der Waals surface area contributed by atoms with Gasteiger partial charge in [0, 0.05) is 13.2 Å². The Kier molecular flexibility index (Phi) is 5.97. The summed E-state index contributed by atoms with van der Waals surface area (Å²) in [7, 11) is -3.41. The third-order valence-corrected chi connectivity index (χ3v) is 4.31. The van der Waals surface area contributed by atoms with Gasteiger partial charge >= 0.3 is 0 Å². The maximum Gasteiger partial charge on any atom is 0.240 e. The highest BCUT2D eigenvalue weighted by atomic mass is 32.2. The van der Waals surface area contributed by atoms with Gasteiger partial charge in [-0.15, -0.1) is 0 Å². The molecule has 0 fully saturated rings. The fourth-order valence-electron chi connectivity index (χ4n) is 1.56.